The van der Waals surface area contributed by atoms with Gasteiger partial charge in [0.05, 0.1) is 18.4 Å². The van der Waals surface area contributed by atoms with Crippen molar-refractivity contribution >= 4 is 23.4 Å². The van der Waals surface area contributed by atoms with E-state index in [-0.39, 0.29) is 29.5 Å². The minimum absolute atomic E-state index is 0.0124. The van der Waals surface area contributed by atoms with Gasteiger partial charge in [0.15, 0.2) is 0 Å². The number of anilines is 2. The van der Waals surface area contributed by atoms with Crippen LogP contribution in [-0.2, 0) is 4.79 Å². The summed E-state index contributed by atoms with van der Waals surface area (Å²) in [7, 11) is 1.67. The van der Waals surface area contributed by atoms with Gasteiger partial charge in [0, 0.05) is 13.6 Å². The molecule has 0 aliphatic heterocycles. The van der Waals surface area contributed by atoms with Gasteiger partial charge in [-0.1, -0.05) is 0 Å². The average molecular weight is 252 g/mol. The molecule has 0 saturated carbocycles. The number of hydrogen-bond donors (Lipinski definition) is 3. The average Bonchev–Trinajstić information content (AvgIpc) is 2.35. The predicted molar refractivity (Wildman–Crippen MR) is 67.4 cm³/mol. The lowest BCUT2D eigenvalue weighted by molar-refractivity contribution is -0.127. The summed E-state index contributed by atoms with van der Waals surface area (Å²) in [5.41, 5.74) is 5.67. The Morgan fingerprint density at radius 1 is 1.56 bits per heavy atom. The molecule has 1 aromatic heterocycles. The van der Waals surface area contributed by atoms with Gasteiger partial charge in [-0.15, -0.1) is 0 Å². The monoisotopic (exact) mass is 252 g/mol. The van der Waals surface area contributed by atoms with Gasteiger partial charge in [0.1, 0.15) is 11.4 Å². The predicted octanol–water partition coefficient (Wildman–Crippen LogP) is 0.252. The molecule has 0 unspecified atom stereocenters. The van der Waals surface area contributed by atoms with E-state index in [9.17, 15) is 9.59 Å². The topological polar surface area (TPSA) is 109 Å². The van der Waals surface area contributed by atoms with Crippen molar-refractivity contribution in [2.75, 3.05) is 31.2 Å². The highest BCUT2D eigenvalue weighted by Crippen LogP contribution is 2.15. The summed E-state index contributed by atoms with van der Waals surface area (Å²) in [6, 6.07) is 1.30. The van der Waals surface area contributed by atoms with Crippen molar-refractivity contribution in [3.63, 3.8) is 0 Å². The Morgan fingerprint density at radius 3 is 2.78 bits per heavy atom. The number of carboxylic acid groups (broad SMARTS) is 1. The number of pyridine rings is 1. The van der Waals surface area contributed by atoms with E-state index in [4.69, 9.17) is 10.8 Å². The number of hydrogen-bond acceptors (Lipinski definition) is 5. The number of amides is 1. The molecule has 18 heavy (non-hydrogen) atoms. The summed E-state index contributed by atoms with van der Waals surface area (Å²) in [6.07, 6.45) is 1.34. The Hall–Kier alpha value is -2.31. The summed E-state index contributed by atoms with van der Waals surface area (Å²) in [6.45, 7) is 2.42. The second-order valence-electron chi connectivity index (χ2n) is 3.73. The molecule has 1 rings (SSSR count). The number of rotatable bonds is 5. The molecule has 98 valence electrons. The molecule has 0 radical (unpaired) electrons. The quantitative estimate of drug-likeness (QED) is 0.693. The number of nitrogens with two attached hydrogens (primary N) is 1. The highest BCUT2D eigenvalue weighted by atomic mass is 16.4. The van der Waals surface area contributed by atoms with Crippen LogP contribution in [0.3, 0.4) is 0 Å². The molecule has 7 heteroatoms. The van der Waals surface area contributed by atoms with Gasteiger partial charge in [-0.2, -0.15) is 0 Å². The normalized spacial score (nSPS) is 9.89. The molecule has 0 aliphatic rings. The standard InChI is InChI=1S/C11H16N4O3/c1-3-15(2)9(16)6-14-10-8(11(17)18)4-7(12)5-13-10/h4-5H,3,6,12H2,1-2H3,(H,13,14)(H,17,18). The first kappa shape index (κ1) is 13.8. The number of carbonyl (C=O) groups excluding carboxylic acids is 1. The Labute approximate surface area is 105 Å². The fraction of sp³-hybridized carbons (Fsp3) is 0.364. The summed E-state index contributed by atoms with van der Waals surface area (Å²) in [4.78, 5) is 27.9. The maximum Gasteiger partial charge on any atom is 0.339 e. The number of likely N-dealkylation sites (N-methyl/N-ethyl adjacent to an activating group) is 1. The Morgan fingerprint density at radius 2 is 2.22 bits per heavy atom. The van der Waals surface area contributed by atoms with Crippen LogP contribution in [0.4, 0.5) is 11.5 Å². The number of aromatic carboxylic acids is 1. The Balaban J connectivity index is 2.79. The minimum atomic E-state index is -1.14. The third-order valence-corrected chi connectivity index (χ3v) is 2.45. The second kappa shape index (κ2) is 5.85. The third kappa shape index (κ3) is 3.34. The molecule has 0 atom stereocenters. The van der Waals surface area contributed by atoms with Crippen molar-refractivity contribution < 1.29 is 14.7 Å². The number of nitrogen functional groups attached to an aromatic ring is 1. The van der Waals surface area contributed by atoms with E-state index in [1.54, 1.807) is 7.05 Å². The molecule has 0 saturated heterocycles. The van der Waals surface area contributed by atoms with Crippen LogP contribution in [0.5, 0.6) is 0 Å². The van der Waals surface area contributed by atoms with E-state index < -0.39 is 5.97 Å². The molecule has 4 N–H and O–H groups in total. The zero-order valence-corrected chi connectivity index (χ0v) is 10.3. The van der Waals surface area contributed by atoms with Gasteiger partial charge in [0.2, 0.25) is 5.91 Å². The maximum atomic E-state index is 11.6. The van der Waals surface area contributed by atoms with Gasteiger partial charge in [-0.05, 0) is 13.0 Å². The lowest BCUT2D eigenvalue weighted by Crippen LogP contribution is -2.32. The van der Waals surface area contributed by atoms with Gasteiger partial charge in [-0.25, -0.2) is 9.78 Å². The van der Waals surface area contributed by atoms with Crippen molar-refractivity contribution in [2.24, 2.45) is 0 Å². The lowest BCUT2D eigenvalue weighted by Gasteiger charge is -2.15. The van der Waals surface area contributed by atoms with Crippen LogP contribution < -0.4 is 11.1 Å². The first-order valence-electron chi connectivity index (χ1n) is 5.42. The largest absolute Gasteiger partial charge is 0.478 e. The molecule has 0 spiro atoms. The number of carbonyl (C=O) groups is 2. The molecule has 0 aliphatic carbocycles. The van der Waals surface area contributed by atoms with Crippen molar-refractivity contribution in [3.8, 4) is 0 Å². The lowest BCUT2D eigenvalue weighted by atomic mass is 10.2. The first-order chi connectivity index (χ1) is 8.45. The molecule has 0 bridgehead atoms. The number of aromatic nitrogens is 1. The van der Waals surface area contributed by atoms with Gasteiger partial charge < -0.3 is 21.1 Å². The highest BCUT2D eigenvalue weighted by Gasteiger charge is 2.13. The Kier molecular flexibility index (Phi) is 4.47. The maximum absolute atomic E-state index is 11.6. The van der Waals surface area contributed by atoms with E-state index in [2.05, 4.69) is 10.3 Å². The van der Waals surface area contributed by atoms with Gasteiger partial charge >= 0.3 is 5.97 Å². The van der Waals surface area contributed by atoms with Crippen molar-refractivity contribution in [1.29, 1.82) is 0 Å². The second-order valence-corrected chi connectivity index (χ2v) is 3.73. The highest BCUT2D eigenvalue weighted by molar-refractivity contribution is 5.94. The molecule has 1 amide bonds. The van der Waals surface area contributed by atoms with Crippen molar-refractivity contribution in [3.05, 3.63) is 17.8 Å². The van der Waals surface area contributed by atoms with Crippen molar-refractivity contribution in [1.82, 2.24) is 9.88 Å². The smallest absolute Gasteiger partial charge is 0.339 e. The van der Waals surface area contributed by atoms with E-state index in [0.717, 1.165) is 0 Å². The number of nitrogens with zero attached hydrogens (tertiary/aromatic N) is 2. The van der Waals surface area contributed by atoms with E-state index in [0.29, 0.717) is 6.54 Å². The molecule has 0 fully saturated rings. The zero-order chi connectivity index (χ0) is 13.7. The molecular weight excluding hydrogens is 236 g/mol. The van der Waals surface area contributed by atoms with Gasteiger partial charge in [-0.3, -0.25) is 4.79 Å². The van der Waals surface area contributed by atoms with E-state index in [1.807, 2.05) is 6.92 Å². The van der Waals surface area contributed by atoms with Crippen LogP contribution in [0.1, 0.15) is 17.3 Å². The fourth-order valence-electron chi connectivity index (χ4n) is 1.26. The fourth-order valence-corrected chi connectivity index (χ4v) is 1.26. The van der Waals surface area contributed by atoms with Gasteiger partial charge in [0.25, 0.3) is 0 Å². The zero-order valence-electron chi connectivity index (χ0n) is 10.3. The SMILES string of the molecule is CCN(C)C(=O)CNc1ncc(N)cc1C(=O)O. The van der Waals surface area contributed by atoms with Crippen LogP contribution in [0, 0.1) is 0 Å². The van der Waals surface area contributed by atoms with E-state index >= 15 is 0 Å². The molecule has 0 aromatic carbocycles. The van der Waals surface area contributed by atoms with Crippen molar-refractivity contribution in [2.45, 2.75) is 6.92 Å². The molecule has 1 aromatic rings. The summed E-state index contributed by atoms with van der Waals surface area (Å²) < 4.78 is 0. The number of nitrogens with one attached hydrogen (secondary N) is 1. The van der Waals surface area contributed by atoms with E-state index in [1.165, 1.54) is 17.2 Å². The Bertz CT molecular complexity index is 462. The molecule has 1 heterocycles. The van der Waals surface area contributed by atoms with Crippen LogP contribution in [-0.4, -0.2) is 47.0 Å². The molecular formula is C11H16N4O3. The van der Waals surface area contributed by atoms with Crippen LogP contribution >= 0.6 is 0 Å². The molecule has 7 nitrogen and oxygen atoms in total. The first-order valence-corrected chi connectivity index (χ1v) is 5.42. The summed E-state index contributed by atoms with van der Waals surface area (Å²) >= 11 is 0. The summed E-state index contributed by atoms with van der Waals surface area (Å²) in [5.74, 6) is -1.16. The van der Waals surface area contributed by atoms with Crippen LogP contribution in [0.15, 0.2) is 12.3 Å². The van der Waals surface area contributed by atoms with Crippen LogP contribution in [0.2, 0.25) is 0 Å². The summed E-state index contributed by atoms with van der Waals surface area (Å²) in [5, 5.41) is 11.7. The minimum Gasteiger partial charge on any atom is -0.478 e. The van der Waals surface area contributed by atoms with Crippen LogP contribution in [0.25, 0.3) is 0 Å². The third-order valence-electron chi connectivity index (χ3n) is 2.45. The number of carboxylic acids is 1.